The zero-order valence-electron chi connectivity index (χ0n) is 30.2. The van der Waals surface area contributed by atoms with Gasteiger partial charge in [0, 0.05) is 24.9 Å². The van der Waals surface area contributed by atoms with Gasteiger partial charge in [-0.15, -0.1) is 33.2 Å². The van der Waals surface area contributed by atoms with E-state index < -0.39 is 10.2 Å². The van der Waals surface area contributed by atoms with Gasteiger partial charge in [0.1, 0.15) is 0 Å². The number of benzene rings is 4. The normalized spacial score (nSPS) is 10.3. The quantitative estimate of drug-likeness (QED) is 0.0868. The first-order valence-electron chi connectivity index (χ1n) is 14.8. The molecule has 4 aromatic rings. The molecule has 19 heteroatoms. The van der Waals surface area contributed by atoms with Crippen LogP contribution in [-0.2, 0) is 34.1 Å². The van der Waals surface area contributed by atoms with Gasteiger partial charge in [-0.1, -0.05) is 95.1 Å². The van der Waals surface area contributed by atoms with E-state index in [0.29, 0.717) is 48.4 Å². The number of aliphatic imine (C=N–C) groups is 4. The van der Waals surface area contributed by atoms with E-state index in [2.05, 4.69) is 20.0 Å². The molecular weight excluding hydrogens is 826 g/mol. The van der Waals surface area contributed by atoms with Gasteiger partial charge in [0.15, 0.2) is 0 Å². The van der Waals surface area contributed by atoms with Gasteiger partial charge in [-0.25, -0.2) is 18.6 Å². The van der Waals surface area contributed by atoms with Crippen LogP contribution in [0.5, 0.6) is 23.0 Å². The third-order valence-corrected chi connectivity index (χ3v) is 6.30. The second-order valence-electron chi connectivity index (χ2n) is 10.7. The monoisotopic (exact) mass is 868 g/mol. The van der Waals surface area contributed by atoms with Gasteiger partial charge in [-0.05, 0) is 49.9 Å². The molecule has 0 heterocycles. The second kappa shape index (κ2) is 31.0. The van der Waals surface area contributed by atoms with E-state index in [1.54, 1.807) is 73.4 Å². The molecule has 0 unspecified atom stereocenters. The fraction of sp³-hybridized carbons (Fsp3) is 0.222. The van der Waals surface area contributed by atoms with Crippen molar-refractivity contribution in [2.75, 3.05) is 26.2 Å². The van der Waals surface area contributed by atoms with Gasteiger partial charge in [0.25, 0.3) is 0 Å². The Morgan fingerprint density at radius 3 is 0.745 bits per heavy atom. The molecule has 0 radical (unpaired) electrons. The van der Waals surface area contributed by atoms with E-state index >= 15 is 0 Å². The van der Waals surface area contributed by atoms with Crippen molar-refractivity contribution in [3.05, 3.63) is 117 Å². The molecule has 0 aliphatic carbocycles. The van der Waals surface area contributed by atoms with Crippen LogP contribution in [0.3, 0.4) is 0 Å². The number of aryl methyl sites for hydroxylation is 4. The first-order chi connectivity index (χ1) is 23.1. The Hall–Kier alpha value is -4.23. The second-order valence-corrected chi connectivity index (χ2v) is 11.4. The topological polar surface area (TPSA) is 358 Å². The van der Waals surface area contributed by atoms with Crippen molar-refractivity contribution in [1.29, 1.82) is 0 Å². The standard InChI is InChI=1S/2C18H20N2O2.ClHO4.2Mn.4H2O/c2*1-13-3-5-17(21)15(9-13)11-19-7-8-20-12-16-10-14(2)4-6-18(16)22;2-1(3,4)5;;;;;;/h2*3-6,9-12,21-22H,7-8H2,1-2H3;(H,2,3,4,5);;;4*1H2/q;;;2*+3;;;;/p-6. The van der Waals surface area contributed by atoms with E-state index in [1.165, 1.54) is 0 Å². The third-order valence-electron chi connectivity index (χ3n) is 6.30. The van der Waals surface area contributed by atoms with Crippen LogP contribution in [-0.4, -0.2) is 72.9 Å². The molecular formula is C36H43ClMn2N4O12. The van der Waals surface area contributed by atoms with Crippen LogP contribution in [0.2, 0.25) is 0 Å². The average molecular weight is 869 g/mol. The zero-order valence-corrected chi connectivity index (χ0v) is 33.3. The Labute approximate surface area is 343 Å². The van der Waals surface area contributed by atoms with E-state index in [0.717, 1.165) is 22.3 Å². The fourth-order valence-corrected chi connectivity index (χ4v) is 3.96. The molecule has 4 aromatic carbocycles. The average Bonchev–Trinajstić information content (AvgIpc) is 3.02. The molecule has 0 amide bonds. The summed E-state index contributed by atoms with van der Waals surface area (Å²) in [5.74, 6) is -0.135. The van der Waals surface area contributed by atoms with Crippen LogP contribution < -0.4 is 39.1 Å². The number of hydrogen-bond acceptors (Lipinski definition) is 13. The third kappa shape index (κ3) is 26.3. The van der Waals surface area contributed by atoms with Crippen LogP contribution in [0.25, 0.3) is 0 Å². The largest absolute Gasteiger partial charge is 3.00 e. The summed E-state index contributed by atoms with van der Waals surface area (Å²) in [5, 5.41) is 46.4. The van der Waals surface area contributed by atoms with Crippen molar-refractivity contribution in [2.24, 2.45) is 20.0 Å². The maximum atomic E-state index is 11.6. The minimum absolute atomic E-state index is 0. The van der Waals surface area contributed by atoms with Gasteiger partial charge in [0.2, 0.25) is 0 Å². The number of hydrogen-bond donors (Lipinski definition) is 0. The molecule has 0 spiro atoms. The molecule has 4 rings (SSSR count). The predicted molar refractivity (Wildman–Crippen MR) is 185 cm³/mol. The molecule has 0 saturated heterocycles. The first kappa shape index (κ1) is 60.0. The Bertz CT molecular complexity index is 1540. The van der Waals surface area contributed by atoms with Crippen LogP contribution in [0.1, 0.15) is 44.5 Å². The molecule has 300 valence electrons. The zero-order chi connectivity index (χ0) is 36.4. The molecule has 7 N–H and O–H groups in total. The van der Waals surface area contributed by atoms with Crippen molar-refractivity contribution in [1.82, 2.24) is 0 Å². The summed E-state index contributed by atoms with van der Waals surface area (Å²) in [7, 11) is -4.94. The minimum atomic E-state index is -4.94. The van der Waals surface area contributed by atoms with Crippen LogP contribution >= 0.6 is 0 Å². The van der Waals surface area contributed by atoms with Gasteiger partial charge in [-0.3, -0.25) is 20.0 Å². The Kier molecular flexibility index (Phi) is 33.9. The fourth-order valence-electron chi connectivity index (χ4n) is 3.96. The Balaban J connectivity index is -0.000000246. The SMILES string of the molecule is Cc1ccc([O-])c(C=NCCN=Cc2cc(C)ccc2[O-])c1.Cc1ccc([O-])c(C=NCCN=Cc2cc(C)ccc2[O-])c1.O.O.O.[Mn+3].[Mn+3].[O-][Cl+3]([O-])([O-])[O-].[OH-]. The summed E-state index contributed by atoms with van der Waals surface area (Å²) >= 11 is 0. The summed E-state index contributed by atoms with van der Waals surface area (Å²) < 4.78 is 34.0. The van der Waals surface area contributed by atoms with E-state index in [4.69, 9.17) is 18.6 Å². The number of nitrogens with zero attached hydrogens (tertiary/aromatic N) is 4. The van der Waals surface area contributed by atoms with Crippen molar-refractivity contribution in [2.45, 2.75) is 27.7 Å². The van der Waals surface area contributed by atoms with Gasteiger partial charge < -0.3 is 42.3 Å². The molecule has 0 bridgehead atoms. The molecule has 0 aliphatic heterocycles. The van der Waals surface area contributed by atoms with Gasteiger partial charge >= 0.3 is 34.1 Å². The summed E-state index contributed by atoms with van der Waals surface area (Å²) in [6.07, 6.45) is 6.32. The number of rotatable bonds is 10. The van der Waals surface area contributed by atoms with Crippen LogP contribution in [0.15, 0.2) is 92.8 Å². The van der Waals surface area contributed by atoms with Gasteiger partial charge in [0.05, 0.1) is 26.2 Å². The van der Waals surface area contributed by atoms with Crippen LogP contribution in [0.4, 0.5) is 0 Å². The maximum absolute atomic E-state index is 11.6. The molecule has 0 aliphatic rings. The predicted octanol–water partition coefficient (Wildman–Crippen LogP) is -3.43. The summed E-state index contributed by atoms with van der Waals surface area (Å²) in [4.78, 5) is 16.8. The Morgan fingerprint density at radius 2 is 0.582 bits per heavy atom. The summed E-state index contributed by atoms with van der Waals surface area (Å²) in [6, 6.07) is 20.6. The maximum Gasteiger partial charge on any atom is 3.00 e. The molecule has 16 nitrogen and oxygen atoms in total. The van der Waals surface area contributed by atoms with Crippen molar-refractivity contribution in [3.63, 3.8) is 0 Å². The first-order valence-corrected chi connectivity index (χ1v) is 16.1. The van der Waals surface area contributed by atoms with Crippen LogP contribution in [0, 0.1) is 37.9 Å². The van der Waals surface area contributed by atoms with Crippen molar-refractivity contribution < 1.29 is 105 Å². The summed E-state index contributed by atoms with van der Waals surface area (Å²) in [6.45, 7) is 9.64. The summed E-state index contributed by atoms with van der Waals surface area (Å²) in [5.41, 5.74) is 6.47. The molecule has 0 fully saturated rings. The Morgan fingerprint density at radius 1 is 0.418 bits per heavy atom. The molecule has 0 saturated carbocycles. The molecule has 0 aromatic heterocycles. The molecule has 0 atom stereocenters. The van der Waals surface area contributed by atoms with Gasteiger partial charge in [-0.2, -0.15) is 0 Å². The van der Waals surface area contributed by atoms with Crippen molar-refractivity contribution >= 4 is 24.9 Å². The number of halogens is 1. The van der Waals surface area contributed by atoms with Crippen molar-refractivity contribution in [3.8, 4) is 23.0 Å². The minimum Gasteiger partial charge on any atom is -0.872 e. The van der Waals surface area contributed by atoms with E-state index in [9.17, 15) is 20.4 Å². The van der Waals surface area contributed by atoms with E-state index in [-0.39, 0.29) is 79.0 Å². The smallest absolute Gasteiger partial charge is 0.872 e. The molecule has 55 heavy (non-hydrogen) atoms. The van der Waals surface area contributed by atoms with E-state index in [1.807, 2.05) is 52.0 Å².